The van der Waals surface area contributed by atoms with Crippen molar-refractivity contribution in [2.45, 2.75) is 20.8 Å². The predicted molar refractivity (Wildman–Crippen MR) is 82.3 cm³/mol. The van der Waals surface area contributed by atoms with E-state index in [4.69, 9.17) is 4.52 Å². The van der Waals surface area contributed by atoms with Crippen LogP contribution in [0.2, 0.25) is 0 Å². The third kappa shape index (κ3) is 2.28. The fraction of sp³-hybridized carbons (Fsp3) is 0.188. The molecule has 6 nitrogen and oxygen atoms in total. The van der Waals surface area contributed by atoms with Crippen LogP contribution < -0.4 is 5.69 Å². The molecular formula is C16H13N4O2Y-. The molecule has 0 saturated carbocycles. The number of aromatic nitrogens is 4. The summed E-state index contributed by atoms with van der Waals surface area (Å²) in [6.07, 6.45) is 0. The van der Waals surface area contributed by atoms with Gasteiger partial charge in [-0.1, -0.05) is 17.8 Å². The van der Waals surface area contributed by atoms with Crippen molar-refractivity contribution in [1.29, 1.82) is 0 Å². The van der Waals surface area contributed by atoms with Crippen molar-refractivity contribution in [3.63, 3.8) is 0 Å². The fourth-order valence-electron chi connectivity index (χ4n) is 2.81. The molecular weight excluding hydrogens is 369 g/mol. The molecule has 0 unspecified atom stereocenters. The van der Waals surface area contributed by atoms with Gasteiger partial charge in [-0.25, -0.2) is 9.78 Å². The molecule has 0 aliphatic heterocycles. The van der Waals surface area contributed by atoms with E-state index in [-0.39, 0.29) is 38.4 Å². The predicted octanol–water partition coefficient (Wildman–Crippen LogP) is 2.58. The van der Waals surface area contributed by atoms with Crippen LogP contribution in [0.5, 0.6) is 0 Å². The Bertz CT molecular complexity index is 1090. The minimum absolute atomic E-state index is 0. The van der Waals surface area contributed by atoms with Crippen molar-refractivity contribution in [1.82, 2.24) is 19.7 Å². The molecule has 0 atom stereocenters. The zero-order valence-corrected chi connectivity index (χ0v) is 15.8. The van der Waals surface area contributed by atoms with Crippen molar-refractivity contribution < 1.29 is 37.2 Å². The van der Waals surface area contributed by atoms with Crippen LogP contribution in [0.15, 0.2) is 27.5 Å². The quantitative estimate of drug-likeness (QED) is 0.514. The monoisotopic (exact) mass is 382 g/mol. The first-order valence-electron chi connectivity index (χ1n) is 6.92. The number of nitrogens with zero attached hydrogens (tertiary/aromatic N) is 3. The van der Waals surface area contributed by atoms with Gasteiger partial charge in [0, 0.05) is 38.3 Å². The summed E-state index contributed by atoms with van der Waals surface area (Å²) >= 11 is 0. The number of benzene rings is 1. The largest absolute Gasteiger partial charge is 0.359 e. The smallest absolute Gasteiger partial charge is 0.330 e. The van der Waals surface area contributed by atoms with Crippen LogP contribution >= 0.6 is 0 Å². The molecule has 0 bridgehead atoms. The number of H-pyrrole nitrogens is 1. The van der Waals surface area contributed by atoms with Crippen LogP contribution in [0.3, 0.4) is 0 Å². The second kappa shape index (κ2) is 5.69. The first-order chi connectivity index (χ1) is 10.6. The maximum atomic E-state index is 12.4. The summed E-state index contributed by atoms with van der Waals surface area (Å²) in [5, 5.41) is 4.06. The van der Waals surface area contributed by atoms with Gasteiger partial charge in [0.05, 0.1) is 5.52 Å². The second-order valence-corrected chi connectivity index (χ2v) is 5.35. The molecule has 1 aromatic carbocycles. The third-order valence-corrected chi connectivity index (χ3v) is 3.92. The van der Waals surface area contributed by atoms with Gasteiger partial charge in [0.1, 0.15) is 11.0 Å². The van der Waals surface area contributed by atoms with Crippen LogP contribution in [0, 0.1) is 26.8 Å². The topological polar surface area (TPSA) is 76.7 Å². The minimum Gasteiger partial charge on any atom is -0.359 e. The Morgan fingerprint density at radius 1 is 1.26 bits per heavy atom. The molecule has 113 valence electrons. The molecule has 0 aliphatic rings. The van der Waals surface area contributed by atoms with E-state index in [1.807, 2.05) is 26.0 Å². The summed E-state index contributed by atoms with van der Waals surface area (Å²) in [6, 6.07) is 8.51. The molecule has 1 radical (unpaired) electrons. The number of imidazole rings is 1. The summed E-state index contributed by atoms with van der Waals surface area (Å²) in [5.74, 6) is 0.638. The number of aromatic amines is 1. The number of hydrogen-bond acceptors (Lipinski definition) is 4. The summed E-state index contributed by atoms with van der Waals surface area (Å²) in [4.78, 5) is 19.8. The van der Waals surface area contributed by atoms with Crippen molar-refractivity contribution in [2.75, 3.05) is 0 Å². The van der Waals surface area contributed by atoms with Gasteiger partial charge in [-0.3, -0.25) is 9.55 Å². The van der Waals surface area contributed by atoms with Crippen molar-refractivity contribution in [3.05, 3.63) is 51.6 Å². The molecule has 4 aromatic rings. The molecule has 7 heteroatoms. The maximum absolute atomic E-state index is 12.4. The Balaban J connectivity index is 0.00000156. The number of fused-ring (bicyclic) bond motifs is 2. The van der Waals surface area contributed by atoms with Crippen LogP contribution in [-0.4, -0.2) is 19.7 Å². The van der Waals surface area contributed by atoms with Crippen molar-refractivity contribution >= 4 is 22.2 Å². The van der Waals surface area contributed by atoms with E-state index in [1.165, 1.54) is 0 Å². The molecule has 3 aromatic heterocycles. The average Bonchev–Trinajstić information content (AvgIpc) is 3.01. The molecule has 0 fully saturated rings. The molecule has 0 amide bonds. The number of nitrogens with one attached hydrogen (secondary N) is 1. The molecule has 3 heterocycles. The first kappa shape index (κ1) is 16.1. The Labute approximate surface area is 156 Å². The van der Waals surface area contributed by atoms with Crippen LogP contribution in [-0.2, 0) is 32.7 Å². The van der Waals surface area contributed by atoms with Gasteiger partial charge in [-0.2, -0.15) is 18.2 Å². The second-order valence-electron chi connectivity index (χ2n) is 5.35. The minimum atomic E-state index is -0.220. The Morgan fingerprint density at radius 2 is 2.04 bits per heavy atom. The van der Waals surface area contributed by atoms with E-state index in [0.717, 1.165) is 22.3 Å². The number of hydrogen-bond donors (Lipinski definition) is 1. The molecule has 4 rings (SSSR count). The Kier molecular flexibility index (Phi) is 3.98. The molecule has 0 saturated heterocycles. The number of pyridine rings is 1. The Hall–Kier alpha value is -1.79. The first-order valence-corrected chi connectivity index (χ1v) is 6.92. The zero-order chi connectivity index (χ0) is 15.4. The maximum Gasteiger partial charge on any atom is 0.330 e. The summed E-state index contributed by atoms with van der Waals surface area (Å²) in [7, 11) is 0. The normalized spacial score (nSPS) is 11.1. The van der Waals surface area contributed by atoms with Crippen molar-refractivity contribution in [3.8, 4) is 5.69 Å². The van der Waals surface area contributed by atoms with Gasteiger partial charge in [0.15, 0.2) is 11.4 Å². The van der Waals surface area contributed by atoms with E-state index in [2.05, 4.69) is 21.2 Å². The molecule has 1 N–H and O–H groups in total. The summed E-state index contributed by atoms with van der Waals surface area (Å²) in [5.41, 5.74) is 5.02. The summed E-state index contributed by atoms with van der Waals surface area (Å²) < 4.78 is 6.85. The Morgan fingerprint density at radius 3 is 2.78 bits per heavy atom. The van der Waals surface area contributed by atoms with E-state index < -0.39 is 0 Å². The van der Waals surface area contributed by atoms with Crippen LogP contribution in [0.25, 0.3) is 27.9 Å². The van der Waals surface area contributed by atoms with E-state index in [1.54, 1.807) is 17.6 Å². The van der Waals surface area contributed by atoms with E-state index in [9.17, 15) is 4.79 Å². The van der Waals surface area contributed by atoms with Gasteiger partial charge in [-0.05, 0) is 13.8 Å². The molecule has 0 spiro atoms. The SMILES string of the molecule is Cc1c[c-]ccc1-n1c(=O)[nH]c2nc3c(C)onc3c(C)c21.[Y]. The van der Waals surface area contributed by atoms with E-state index in [0.29, 0.717) is 22.4 Å². The average molecular weight is 382 g/mol. The van der Waals surface area contributed by atoms with Crippen LogP contribution in [0.1, 0.15) is 16.9 Å². The molecule has 23 heavy (non-hydrogen) atoms. The van der Waals surface area contributed by atoms with Gasteiger partial charge >= 0.3 is 5.69 Å². The zero-order valence-electron chi connectivity index (χ0n) is 13.0. The van der Waals surface area contributed by atoms with Gasteiger partial charge in [0.2, 0.25) is 0 Å². The van der Waals surface area contributed by atoms with Gasteiger partial charge in [-0.15, -0.1) is 11.6 Å². The van der Waals surface area contributed by atoms with Crippen LogP contribution in [0.4, 0.5) is 0 Å². The third-order valence-electron chi connectivity index (χ3n) is 3.92. The standard InChI is InChI=1S/C16H13N4O2.Y/c1-8-6-4-5-7-11(8)20-14-9(2)12-13(10(3)22-19-12)17-15(14)18-16(20)21;/h5-7H,1-3H3,(H,17,18,21);/q-1;. The van der Waals surface area contributed by atoms with Gasteiger partial charge in [0.25, 0.3) is 0 Å². The van der Waals surface area contributed by atoms with Gasteiger partial charge < -0.3 is 4.52 Å². The molecule has 0 aliphatic carbocycles. The van der Waals surface area contributed by atoms with Crippen molar-refractivity contribution in [2.24, 2.45) is 0 Å². The number of aryl methyl sites for hydroxylation is 3. The van der Waals surface area contributed by atoms with E-state index >= 15 is 0 Å². The fourth-order valence-corrected chi connectivity index (χ4v) is 2.81. The summed E-state index contributed by atoms with van der Waals surface area (Å²) in [6.45, 7) is 5.67. The number of rotatable bonds is 1.